The van der Waals surface area contributed by atoms with Crippen molar-refractivity contribution < 1.29 is 9.53 Å². The largest absolute Gasteiger partial charge is 0.379 e. The highest BCUT2D eigenvalue weighted by molar-refractivity contribution is 6.31. The Labute approximate surface area is 183 Å². The summed E-state index contributed by atoms with van der Waals surface area (Å²) >= 11 is 6.39. The van der Waals surface area contributed by atoms with Crippen LogP contribution in [0.5, 0.6) is 0 Å². The average molecular weight is 423 g/mol. The third-order valence-corrected chi connectivity index (χ3v) is 5.98. The molecule has 1 aliphatic rings. The molecule has 1 saturated heterocycles. The van der Waals surface area contributed by atoms with E-state index in [0.717, 1.165) is 55.6 Å². The number of nitrogens with zero attached hydrogens (tertiary/aromatic N) is 2. The molecule has 1 heterocycles. The van der Waals surface area contributed by atoms with Crippen LogP contribution in [0, 0.1) is 0 Å². The molecule has 4 nitrogen and oxygen atoms in total. The Kier molecular flexibility index (Phi) is 7.00. The van der Waals surface area contributed by atoms with Gasteiger partial charge in [0.05, 0.1) is 13.2 Å². The van der Waals surface area contributed by atoms with Crippen LogP contribution < -0.4 is 0 Å². The third-order valence-electron chi connectivity index (χ3n) is 5.61. The van der Waals surface area contributed by atoms with Crippen molar-refractivity contribution in [3.8, 4) is 0 Å². The van der Waals surface area contributed by atoms with Crippen LogP contribution >= 0.6 is 11.6 Å². The second-order valence-corrected chi connectivity index (χ2v) is 8.09. The van der Waals surface area contributed by atoms with Crippen molar-refractivity contribution in [2.45, 2.75) is 13.0 Å². The molecule has 0 saturated carbocycles. The summed E-state index contributed by atoms with van der Waals surface area (Å²) < 4.78 is 5.43. The number of benzene rings is 3. The lowest BCUT2D eigenvalue weighted by Gasteiger charge is -2.28. The molecule has 0 spiro atoms. The number of hydrogen-bond donors (Lipinski definition) is 0. The quantitative estimate of drug-likeness (QED) is 0.545. The van der Waals surface area contributed by atoms with Crippen molar-refractivity contribution in [3.63, 3.8) is 0 Å². The summed E-state index contributed by atoms with van der Waals surface area (Å²) in [6, 6.07) is 21.8. The fourth-order valence-corrected chi connectivity index (χ4v) is 4.10. The van der Waals surface area contributed by atoms with E-state index in [4.69, 9.17) is 16.3 Å². The van der Waals surface area contributed by atoms with Crippen molar-refractivity contribution in [1.82, 2.24) is 9.80 Å². The summed E-state index contributed by atoms with van der Waals surface area (Å²) in [5, 5.41) is 2.91. The lowest BCUT2D eigenvalue weighted by molar-refractivity contribution is 0.0355. The predicted molar refractivity (Wildman–Crippen MR) is 122 cm³/mol. The third kappa shape index (κ3) is 5.20. The van der Waals surface area contributed by atoms with E-state index < -0.39 is 0 Å². The van der Waals surface area contributed by atoms with Crippen LogP contribution in [-0.2, 0) is 11.3 Å². The standard InChI is InChI=1S/C25H27ClN2O2/c26-24-9-4-3-8-23(24)19-28(13-5-12-27-14-16-30-17-15-27)25(29)22-11-10-20-6-1-2-7-21(20)18-22/h1-4,6-11,18H,5,12-17,19H2. The monoisotopic (exact) mass is 422 g/mol. The van der Waals surface area contributed by atoms with Gasteiger partial charge in [0, 0.05) is 43.3 Å². The lowest BCUT2D eigenvalue weighted by atomic mass is 10.1. The van der Waals surface area contributed by atoms with Crippen LogP contribution in [0.25, 0.3) is 10.8 Å². The summed E-state index contributed by atoms with van der Waals surface area (Å²) in [4.78, 5) is 17.8. The van der Waals surface area contributed by atoms with Gasteiger partial charge in [-0.3, -0.25) is 9.69 Å². The molecule has 1 amide bonds. The maximum absolute atomic E-state index is 13.4. The molecule has 3 aromatic rings. The second-order valence-electron chi connectivity index (χ2n) is 7.69. The number of carbonyl (C=O) groups excluding carboxylic acids is 1. The first-order chi connectivity index (χ1) is 14.7. The Hall–Kier alpha value is -2.40. The van der Waals surface area contributed by atoms with E-state index in [0.29, 0.717) is 23.7 Å². The Balaban J connectivity index is 1.51. The van der Waals surface area contributed by atoms with Crippen molar-refractivity contribution in [2.24, 2.45) is 0 Å². The zero-order valence-corrected chi connectivity index (χ0v) is 17.9. The first-order valence-electron chi connectivity index (χ1n) is 10.5. The number of morpholine rings is 1. The van der Waals surface area contributed by atoms with E-state index in [9.17, 15) is 4.79 Å². The molecule has 0 bridgehead atoms. The number of fused-ring (bicyclic) bond motifs is 1. The van der Waals surface area contributed by atoms with Crippen LogP contribution in [0.4, 0.5) is 0 Å². The Morgan fingerprint density at radius 2 is 1.70 bits per heavy atom. The zero-order valence-electron chi connectivity index (χ0n) is 17.1. The number of ether oxygens (including phenoxy) is 1. The molecule has 1 aliphatic heterocycles. The Bertz CT molecular complexity index is 1000. The van der Waals surface area contributed by atoms with Gasteiger partial charge >= 0.3 is 0 Å². The van der Waals surface area contributed by atoms with Gasteiger partial charge in [0.1, 0.15) is 0 Å². The van der Waals surface area contributed by atoms with Gasteiger partial charge in [-0.1, -0.05) is 60.1 Å². The molecule has 4 rings (SSSR count). The second kappa shape index (κ2) is 10.1. The summed E-state index contributed by atoms with van der Waals surface area (Å²) in [6.45, 7) is 5.67. The molecule has 30 heavy (non-hydrogen) atoms. The highest BCUT2D eigenvalue weighted by atomic mass is 35.5. The number of amides is 1. The first-order valence-corrected chi connectivity index (χ1v) is 10.9. The van der Waals surface area contributed by atoms with E-state index >= 15 is 0 Å². The predicted octanol–water partition coefficient (Wildman–Crippen LogP) is 4.86. The molecule has 0 radical (unpaired) electrons. The molecule has 0 N–H and O–H groups in total. The van der Waals surface area contributed by atoms with Gasteiger partial charge in [0.2, 0.25) is 0 Å². The van der Waals surface area contributed by atoms with Crippen molar-refractivity contribution in [2.75, 3.05) is 39.4 Å². The summed E-state index contributed by atoms with van der Waals surface area (Å²) in [5.41, 5.74) is 1.69. The SMILES string of the molecule is O=C(c1ccc2ccccc2c1)N(CCCN1CCOCC1)Cc1ccccc1Cl. The minimum absolute atomic E-state index is 0.0441. The van der Waals surface area contributed by atoms with E-state index in [1.165, 1.54) is 0 Å². The fraction of sp³-hybridized carbons (Fsp3) is 0.320. The molecule has 3 aromatic carbocycles. The number of hydrogen-bond acceptors (Lipinski definition) is 3. The van der Waals surface area contributed by atoms with Gasteiger partial charge in [-0.25, -0.2) is 0 Å². The molecule has 156 valence electrons. The average Bonchev–Trinajstić information content (AvgIpc) is 2.79. The Morgan fingerprint density at radius 3 is 2.50 bits per heavy atom. The van der Waals surface area contributed by atoms with Gasteiger partial charge < -0.3 is 9.64 Å². The van der Waals surface area contributed by atoms with Crippen LogP contribution in [0.2, 0.25) is 5.02 Å². The summed E-state index contributed by atoms with van der Waals surface area (Å²) in [7, 11) is 0. The van der Waals surface area contributed by atoms with Gasteiger partial charge in [-0.15, -0.1) is 0 Å². The van der Waals surface area contributed by atoms with Crippen molar-refractivity contribution >= 4 is 28.3 Å². The lowest BCUT2D eigenvalue weighted by Crippen LogP contribution is -2.39. The van der Waals surface area contributed by atoms with Gasteiger partial charge in [-0.2, -0.15) is 0 Å². The number of halogens is 1. The van der Waals surface area contributed by atoms with Crippen LogP contribution in [0.3, 0.4) is 0 Å². The number of rotatable bonds is 7. The minimum atomic E-state index is 0.0441. The normalized spacial score (nSPS) is 14.7. The molecule has 0 unspecified atom stereocenters. The van der Waals surface area contributed by atoms with Crippen LogP contribution in [0.15, 0.2) is 66.7 Å². The molecule has 0 aliphatic carbocycles. The highest BCUT2D eigenvalue weighted by Crippen LogP contribution is 2.21. The van der Waals surface area contributed by atoms with Crippen molar-refractivity contribution in [3.05, 3.63) is 82.9 Å². The van der Waals surface area contributed by atoms with E-state index in [-0.39, 0.29) is 5.91 Å². The van der Waals surface area contributed by atoms with Gasteiger partial charge in [0.15, 0.2) is 0 Å². The van der Waals surface area contributed by atoms with Crippen LogP contribution in [-0.4, -0.2) is 55.1 Å². The molecule has 0 atom stereocenters. The van der Waals surface area contributed by atoms with Gasteiger partial charge in [0.25, 0.3) is 5.91 Å². The molecule has 1 fully saturated rings. The topological polar surface area (TPSA) is 32.8 Å². The summed E-state index contributed by atoms with van der Waals surface area (Å²) in [6.07, 6.45) is 0.920. The van der Waals surface area contributed by atoms with E-state index in [2.05, 4.69) is 11.0 Å². The summed E-state index contributed by atoms with van der Waals surface area (Å²) in [5.74, 6) is 0.0441. The van der Waals surface area contributed by atoms with E-state index in [1.807, 2.05) is 65.6 Å². The molecular formula is C25H27ClN2O2. The zero-order chi connectivity index (χ0) is 20.8. The number of carbonyl (C=O) groups is 1. The highest BCUT2D eigenvalue weighted by Gasteiger charge is 2.18. The van der Waals surface area contributed by atoms with E-state index in [1.54, 1.807) is 0 Å². The molecular weight excluding hydrogens is 396 g/mol. The molecule has 5 heteroatoms. The Morgan fingerprint density at radius 1 is 0.967 bits per heavy atom. The maximum atomic E-state index is 13.4. The minimum Gasteiger partial charge on any atom is -0.379 e. The first kappa shape index (κ1) is 20.9. The van der Waals surface area contributed by atoms with Crippen molar-refractivity contribution in [1.29, 1.82) is 0 Å². The van der Waals surface area contributed by atoms with Gasteiger partial charge in [-0.05, 0) is 41.0 Å². The smallest absolute Gasteiger partial charge is 0.254 e. The molecule has 0 aromatic heterocycles. The van der Waals surface area contributed by atoms with Crippen LogP contribution in [0.1, 0.15) is 22.3 Å². The fourth-order valence-electron chi connectivity index (χ4n) is 3.90. The maximum Gasteiger partial charge on any atom is 0.254 e.